The summed E-state index contributed by atoms with van der Waals surface area (Å²) < 4.78 is 2.35. The molecule has 4 N–H and O–H groups in total. The molecule has 3 aromatic heterocycles. The zero-order chi connectivity index (χ0) is 28.1. The molecule has 2 fully saturated rings. The van der Waals surface area contributed by atoms with Crippen LogP contribution < -0.4 is 11.1 Å². The number of halogens is 2. The number of nitrogens with two attached hydrogens (primary N) is 1. The van der Waals surface area contributed by atoms with E-state index < -0.39 is 0 Å². The van der Waals surface area contributed by atoms with Gasteiger partial charge in [-0.3, -0.25) is 4.90 Å². The Kier molecular flexibility index (Phi) is 6.98. The fraction of sp³-hybridized carbons (Fsp3) is 0.367. The standard InChI is InChI=1S/C30H33Cl2N9/c1-39-12-14-40(15-13-39)20-6-8-21(9-7-20)41-16-22(25-28(33)34-17-35-29(25)41)18-2-4-19(5-3-18)36-30-37-24-11-10-23(31)26(32)27(24)38-30/h2-5,10-11,16-17,20-21H,6-9,12-15H2,1H3,(H2,33,34,35)(H2,36,37,38)/t20-,21-. The number of aromatic amines is 1. The Morgan fingerprint density at radius 1 is 0.927 bits per heavy atom. The van der Waals surface area contributed by atoms with Gasteiger partial charge in [-0.15, -0.1) is 0 Å². The Morgan fingerprint density at radius 2 is 1.66 bits per heavy atom. The number of H-pyrrole nitrogens is 1. The molecule has 0 bridgehead atoms. The molecule has 5 aromatic rings. The lowest BCUT2D eigenvalue weighted by atomic mass is 9.89. The average molecular weight is 591 g/mol. The Labute approximate surface area is 248 Å². The van der Waals surface area contributed by atoms with Gasteiger partial charge in [0.1, 0.15) is 17.8 Å². The lowest BCUT2D eigenvalue weighted by Gasteiger charge is -2.41. The highest BCUT2D eigenvalue weighted by Crippen LogP contribution is 2.39. The first-order valence-corrected chi connectivity index (χ1v) is 14.9. The number of likely N-dealkylation sites (N-methyl/N-ethyl adjacent to an activating group) is 1. The Balaban J connectivity index is 1.12. The van der Waals surface area contributed by atoms with Gasteiger partial charge in [-0.2, -0.15) is 0 Å². The van der Waals surface area contributed by atoms with Crippen LogP contribution in [0.2, 0.25) is 10.0 Å². The number of hydrogen-bond acceptors (Lipinski definition) is 7. The minimum atomic E-state index is 0.401. The molecule has 1 saturated heterocycles. The van der Waals surface area contributed by atoms with Crippen molar-refractivity contribution in [3.8, 4) is 11.1 Å². The van der Waals surface area contributed by atoms with E-state index in [0.29, 0.717) is 39.4 Å². The summed E-state index contributed by atoms with van der Waals surface area (Å²) in [6, 6.07) is 12.9. The van der Waals surface area contributed by atoms with E-state index in [9.17, 15) is 0 Å². The molecule has 41 heavy (non-hydrogen) atoms. The zero-order valence-corrected chi connectivity index (χ0v) is 24.5. The number of nitrogens with zero attached hydrogens (tertiary/aromatic N) is 6. The second-order valence-corrected chi connectivity index (χ2v) is 12.0. The van der Waals surface area contributed by atoms with Crippen molar-refractivity contribution in [2.24, 2.45) is 0 Å². The highest BCUT2D eigenvalue weighted by atomic mass is 35.5. The molecule has 11 heteroatoms. The van der Waals surface area contributed by atoms with Gasteiger partial charge in [0.25, 0.3) is 0 Å². The van der Waals surface area contributed by atoms with Gasteiger partial charge >= 0.3 is 0 Å². The van der Waals surface area contributed by atoms with E-state index in [1.54, 1.807) is 12.4 Å². The molecule has 1 saturated carbocycles. The molecule has 0 amide bonds. The number of fused-ring (bicyclic) bond motifs is 2. The molecule has 2 aliphatic rings. The Morgan fingerprint density at radius 3 is 2.41 bits per heavy atom. The first-order valence-electron chi connectivity index (χ1n) is 14.2. The third-order valence-electron chi connectivity index (χ3n) is 8.76. The Bertz CT molecular complexity index is 1700. The van der Waals surface area contributed by atoms with Crippen LogP contribution in [0.4, 0.5) is 17.5 Å². The highest BCUT2D eigenvalue weighted by Gasteiger charge is 2.30. The van der Waals surface area contributed by atoms with Crippen LogP contribution in [0.3, 0.4) is 0 Å². The molecular formula is C30H33Cl2N9. The summed E-state index contributed by atoms with van der Waals surface area (Å²) in [5, 5.41) is 5.20. The number of hydrogen-bond donors (Lipinski definition) is 3. The van der Waals surface area contributed by atoms with Crippen LogP contribution in [0.25, 0.3) is 33.2 Å². The summed E-state index contributed by atoms with van der Waals surface area (Å²) in [4.78, 5) is 22.0. The number of nitrogen functional groups attached to an aromatic ring is 1. The van der Waals surface area contributed by atoms with Gasteiger partial charge in [0.15, 0.2) is 0 Å². The number of anilines is 3. The van der Waals surface area contributed by atoms with E-state index in [-0.39, 0.29) is 0 Å². The molecule has 0 atom stereocenters. The van der Waals surface area contributed by atoms with Gasteiger partial charge in [0, 0.05) is 55.7 Å². The van der Waals surface area contributed by atoms with Crippen molar-refractivity contribution in [2.45, 2.75) is 37.8 Å². The van der Waals surface area contributed by atoms with Crippen LogP contribution in [0.15, 0.2) is 48.9 Å². The maximum atomic E-state index is 6.44. The first-order chi connectivity index (χ1) is 19.9. The van der Waals surface area contributed by atoms with Gasteiger partial charge in [-0.25, -0.2) is 15.0 Å². The van der Waals surface area contributed by atoms with Gasteiger partial charge < -0.3 is 25.5 Å². The van der Waals surface area contributed by atoms with Crippen LogP contribution in [-0.2, 0) is 0 Å². The fourth-order valence-corrected chi connectivity index (χ4v) is 6.81. The molecule has 0 spiro atoms. The second kappa shape index (κ2) is 10.8. The summed E-state index contributed by atoms with van der Waals surface area (Å²) in [6.07, 6.45) is 8.50. The van der Waals surface area contributed by atoms with Crippen molar-refractivity contribution in [1.29, 1.82) is 0 Å². The lowest BCUT2D eigenvalue weighted by molar-refractivity contribution is 0.0828. The normalized spacial score (nSPS) is 20.7. The molecule has 4 heterocycles. The first kappa shape index (κ1) is 26.5. The minimum Gasteiger partial charge on any atom is -0.383 e. The molecule has 1 aliphatic heterocycles. The van der Waals surface area contributed by atoms with Crippen molar-refractivity contribution >= 4 is 62.7 Å². The molecular weight excluding hydrogens is 557 g/mol. The summed E-state index contributed by atoms with van der Waals surface area (Å²) in [5.74, 6) is 1.10. The number of imidazole rings is 1. The zero-order valence-electron chi connectivity index (χ0n) is 22.9. The lowest BCUT2D eigenvalue weighted by Crippen LogP contribution is -2.49. The number of benzene rings is 2. The van der Waals surface area contributed by atoms with E-state index in [1.807, 2.05) is 18.2 Å². The van der Waals surface area contributed by atoms with Crippen molar-refractivity contribution in [3.05, 3.63) is 59.0 Å². The van der Waals surface area contributed by atoms with E-state index in [2.05, 4.69) is 60.0 Å². The third kappa shape index (κ3) is 5.01. The summed E-state index contributed by atoms with van der Waals surface area (Å²) >= 11 is 12.5. The summed E-state index contributed by atoms with van der Waals surface area (Å²) in [5.41, 5.74) is 11.8. The predicted octanol–water partition coefficient (Wildman–Crippen LogP) is 6.34. The number of aromatic nitrogens is 5. The van der Waals surface area contributed by atoms with E-state index in [0.717, 1.165) is 59.3 Å². The maximum Gasteiger partial charge on any atom is 0.205 e. The minimum absolute atomic E-state index is 0.401. The summed E-state index contributed by atoms with van der Waals surface area (Å²) in [7, 11) is 2.22. The molecule has 1 aliphatic carbocycles. The Hall–Kier alpha value is -3.37. The van der Waals surface area contributed by atoms with Gasteiger partial charge in [0.2, 0.25) is 5.95 Å². The largest absolute Gasteiger partial charge is 0.383 e. The van der Waals surface area contributed by atoms with Crippen molar-refractivity contribution in [3.63, 3.8) is 0 Å². The predicted molar refractivity (Wildman–Crippen MR) is 167 cm³/mol. The molecule has 2 aromatic carbocycles. The van der Waals surface area contributed by atoms with Crippen LogP contribution in [0, 0.1) is 0 Å². The van der Waals surface area contributed by atoms with E-state index in [4.69, 9.17) is 33.9 Å². The molecule has 0 radical (unpaired) electrons. The van der Waals surface area contributed by atoms with Gasteiger partial charge in [0.05, 0.1) is 26.5 Å². The monoisotopic (exact) mass is 589 g/mol. The topological polar surface area (TPSA) is 104 Å². The highest BCUT2D eigenvalue weighted by molar-refractivity contribution is 6.44. The molecule has 212 valence electrons. The van der Waals surface area contributed by atoms with Crippen molar-refractivity contribution < 1.29 is 0 Å². The number of rotatable bonds is 5. The van der Waals surface area contributed by atoms with Gasteiger partial charge in [-0.1, -0.05) is 35.3 Å². The van der Waals surface area contributed by atoms with Gasteiger partial charge in [-0.05, 0) is 62.6 Å². The van der Waals surface area contributed by atoms with Crippen LogP contribution >= 0.6 is 23.2 Å². The summed E-state index contributed by atoms with van der Waals surface area (Å²) in [6.45, 7) is 4.68. The fourth-order valence-electron chi connectivity index (χ4n) is 6.44. The molecule has 0 unspecified atom stereocenters. The average Bonchev–Trinajstić information content (AvgIpc) is 3.59. The van der Waals surface area contributed by atoms with Crippen molar-refractivity contribution in [2.75, 3.05) is 44.3 Å². The van der Waals surface area contributed by atoms with Crippen molar-refractivity contribution in [1.82, 2.24) is 34.3 Å². The third-order valence-corrected chi connectivity index (χ3v) is 9.56. The van der Waals surface area contributed by atoms with E-state index >= 15 is 0 Å². The van der Waals surface area contributed by atoms with Crippen LogP contribution in [-0.4, -0.2) is 73.6 Å². The number of nitrogens with one attached hydrogen (secondary N) is 2. The van der Waals surface area contributed by atoms with Crippen LogP contribution in [0.5, 0.6) is 0 Å². The second-order valence-electron chi connectivity index (χ2n) is 11.3. The molecule has 7 rings (SSSR count). The van der Waals surface area contributed by atoms with Crippen LogP contribution in [0.1, 0.15) is 31.7 Å². The maximum absolute atomic E-state index is 6.44. The molecule has 9 nitrogen and oxygen atoms in total. The quantitative estimate of drug-likeness (QED) is 0.220. The SMILES string of the molecule is CN1CCN([C@H]2CC[C@H](n3cc(-c4ccc(Nc5nc6ccc(Cl)c(Cl)c6[nH]5)cc4)c4c(N)ncnc43)CC2)CC1. The van der Waals surface area contributed by atoms with E-state index in [1.165, 1.54) is 25.9 Å². The smallest absolute Gasteiger partial charge is 0.205 e. The number of piperazine rings is 1.